The van der Waals surface area contributed by atoms with Crippen molar-refractivity contribution in [2.24, 2.45) is 0 Å². The predicted octanol–water partition coefficient (Wildman–Crippen LogP) is 3.75. The molecule has 0 spiro atoms. The fraction of sp³-hybridized carbons (Fsp3) is 0.312. The van der Waals surface area contributed by atoms with Gasteiger partial charge in [0.25, 0.3) is 5.91 Å². The van der Waals surface area contributed by atoms with Crippen LogP contribution in [0.25, 0.3) is 11.1 Å². The van der Waals surface area contributed by atoms with E-state index in [4.69, 9.17) is 5.73 Å². The summed E-state index contributed by atoms with van der Waals surface area (Å²) in [7, 11) is 0. The minimum absolute atomic E-state index is 0.0844. The Kier molecular flexibility index (Phi) is 4.45. The molecule has 1 heterocycles. The Morgan fingerprint density at radius 1 is 1.30 bits per heavy atom. The van der Waals surface area contributed by atoms with Crippen LogP contribution in [0.15, 0.2) is 23.6 Å². The third kappa shape index (κ3) is 2.85. The van der Waals surface area contributed by atoms with Crippen molar-refractivity contribution in [3.8, 4) is 11.1 Å². The molecule has 0 saturated carbocycles. The molecule has 1 aromatic heterocycles. The first kappa shape index (κ1) is 14.6. The zero-order chi connectivity index (χ0) is 14.7. The van der Waals surface area contributed by atoms with Gasteiger partial charge in [0.05, 0.1) is 10.6 Å². The van der Waals surface area contributed by atoms with Crippen molar-refractivity contribution in [3.63, 3.8) is 0 Å². The van der Waals surface area contributed by atoms with Crippen LogP contribution in [0.3, 0.4) is 0 Å². The van der Waals surface area contributed by atoms with Crippen molar-refractivity contribution in [2.45, 2.75) is 27.2 Å². The van der Waals surface area contributed by atoms with E-state index in [9.17, 15) is 4.79 Å². The number of hydrogen-bond acceptors (Lipinski definition) is 3. The lowest BCUT2D eigenvalue weighted by Gasteiger charge is -2.08. The highest BCUT2D eigenvalue weighted by molar-refractivity contribution is 7.15. The maximum absolute atomic E-state index is 12.2. The molecule has 0 aliphatic carbocycles. The molecule has 106 valence electrons. The minimum atomic E-state index is -0.0844. The summed E-state index contributed by atoms with van der Waals surface area (Å²) in [5, 5.41) is 5.43. The van der Waals surface area contributed by atoms with Crippen LogP contribution in [0.1, 0.15) is 34.8 Å². The topological polar surface area (TPSA) is 55.1 Å². The lowest BCUT2D eigenvalue weighted by atomic mass is 9.99. The smallest absolute Gasteiger partial charge is 0.254 e. The molecule has 0 unspecified atom stereocenters. The van der Waals surface area contributed by atoms with Crippen molar-refractivity contribution < 1.29 is 4.79 Å². The van der Waals surface area contributed by atoms with Crippen molar-refractivity contribution in [2.75, 3.05) is 12.3 Å². The number of nitrogens with one attached hydrogen (secondary N) is 1. The van der Waals surface area contributed by atoms with E-state index >= 15 is 0 Å². The predicted molar refractivity (Wildman–Crippen MR) is 86.3 cm³/mol. The zero-order valence-electron chi connectivity index (χ0n) is 12.1. The van der Waals surface area contributed by atoms with E-state index in [1.807, 2.05) is 18.4 Å². The molecule has 20 heavy (non-hydrogen) atoms. The Morgan fingerprint density at radius 2 is 2.05 bits per heavy atom. The molecule has 1 aromatic carbocycles. The van der Waals surface area contributed by atoms with Gasteiger partial charge >= 0.3 is 0 Å². The Labute approximate surface area is 123 Å². The highest BCUT2D eigenvalue weighted by Crippen LogP contribution is 2.34. The van der Waals surface area contributed by atoms with Gasteiger partial charge in [-0.3, -0.25) is 4.79 Å². The number of benzene rings is 1. The molecule has 0 aliphatic rings. The zero-order valence-corrected chi connectivity index (χ0v) is 12.9. The van der Waals surface area contributed by atoms with E-state index in [-0.39, 0.29) is 5.91 Å². The SMILES string of the molecule is CCCNC(=O)c1c(-c2ccc(C)c(C)c2)csc1N. The van der Waals surface area contributed by atoms with Gasteiger partial charge in [0.1, 0.15) is 0 Å². The first-order valence-electron chi connectivity index (χ1n) is 6.77. The van der Waals surface area contributed by atoms with E-state index in [0.29, 0.717) is 17.1 Å². The van der Waals surface area contributed by atoms with Gasteiger partial charge in [-0.25, -0.2) is 0 Å². The number of carbonyl (C=O) groups is 1. The fourth-order valence-corrected chi connectivity index (χ4v) is 2.87. The monoisotopic (exact) mass is 288 g/mol. The third-order valence-electron chi connectivity index (χ3n) is 3.40. The number of anilines is 1. The maximum Gasteiger partial charge on any atom is 0.254 e. The van der Waals surface area contributed by atoms with Crippen LogP contribution >= 0.6 is 11.3 Å². The van der Waals surface area contributed by atoms with Crippen LogP contribution in [0.4, 0.5) is 5.00 Å². The van der Waals surface area contributed by atoms with Crippen LogP contribution in [0, 0.1) is 13.8 Å². The Hall–Kier alpha value is -1.81. The number of rotatable bonds is 4. The van der Waals surface area contributed by atoms with Gasteiger partial charge in [-0.05, 0) is 37.0 Å². The maximum atomic E-state index is 12.2. The van der Waals surface area contributed by atoms with E-state index in [0.717, 1.165) is 17.5 Å². The second-order valence-electron chi connectivity index (χ2n) is 4.94. The number of carbonyl (C=O) groups excluding carboxylic acids is 1. The molecule has 0 saturated heterocycles. The molecule has 0 bridgehead atoms. The normalized spacial score (nSPS) is 10.6. The Morgan fingerprint density at radius 3 is 2.70 bits per heavy atom. The van der Waals surface area contributed by atoms with Crippen LogP contribution < -0.4 is 11.1 Å². The summed E-state index contributed by atoms with van der Waals surface area (Å²) in [5.74, 6) is -0.0844. The second kappa shape index (κ2) is 6.09. The summed E-state index contributed by atoms with van der Waals surface area (Å²) >= 11 is 1.41. The van der Waals surface area contributed by atoms with Gasteiger partial charge in [0.2, 0.25) is 0 Å². The van der Waals surface area contributed by atoms with Gasteiger partial charge < -0.3 is 11.1 Å². The first-order chi connectivity index (χ1) is 9.54. The number of amides is 1. The molecular weight excluding hydrogens is 268 g/mol. The lowest BCUT2D eigenvalue weighted by Crippen LogP contribution is -2.24. The lowest BCUT2D eigenvalue weighted by molar-refractivity contribution is 0.0955. The third-order valence-corrected chi connectivity index (χ3v) is 4.21. The van der Waals surface area contributed by atoms with Crippen LogP contribution in [0.5, 0.6) is 0 Å². The first-order valence-corrected chi connectivity index (χ1v) is 7.65. The molecule has 3 nitrogen and oxygen atoms in total. The molecule has 0 atom stereocenters. The minimum Gasteiger partial charge on any atom is -0.390 e. The Bertz CT molecular complexity index is 631. The highest BCUT2D eigenvalue weighted by Gasteiger charge is 2.18. The van der Waals surface area contributed by atoms with Gasteiger partial charge in [-0.1, -0.05) is 25.1 Å². The number of thiophene rings is 1. The second-order valence-corrected chi connectivity index (χ2v) is 5.85. The van der Waals surface area contributed by atoms with E-state index in [1.54, 1.807) is 0 Å². The highest BCUT2D eigenvalue weighted by atomic mass is 32.1. The van der Waals surface area contributed by atoms with Crippen molar-refractivity contribution in [3.05, 3.63) is 40.3 Å². The Balaban J connectivity index is 2.42. The summed E-state index contributed by atoms with van der Waals surface area (Å²) in [6, 6.07) is 6.22. The summed E-state index contributed by atoms with van der Waals surface area (Å²) in [6.45, 7) is 6.85. The number of nitrogen functional groups attached to an aromatic ring is 1. The largest absolute Gasteiger partial charge is 0.390 e. The van der Waals surface area contributed by atoms with Crippen LogP contribution in [-0.4, -0.2) is 12.5 Å². The average Bonchev–Trinajstić information content (AvgIpc) is 2.81. The molecule has 0 fully saturated rings. The van der Waals surface area contributed by atoms with E-state index in [1.165, 1.54) is 22.5 Å². The average molecular weight is 288 g/mol. The molecular formula is C16H20N2OS. The summed E-state index contributed by atoms with van der Waals surface area (Å²) in [6.07, 6.45) is 0.911. The molecule has 1 amide bonds. The standard InChI is InChI=1S/C16H20N2OS/c1-4-7-18-16(19)14-13(9-20-15(14)17)12-6-5-10(2)11(3)8-12/h5-6,8-9H,4,7,17H2,1-3H3,(H,18,19). The van der Waals surface area contributed by atoms with Crippen molar-refractivity contribution >= 4 is 22.2 Å². The summed E-state index contributed by atoms with van der Waals surface area (Å²) < 4.78 is 0. The summed E-state index contributed by atoms with van der Waals surface area (Å²) in [5.41, 5.74) is 11.0. The number of nitrogens with two attached hydrogens (primary N) is 1. The van der Waals surface area contributed by atoms with Crippen LogP contribution in [-0.2, 0) is 0 Å². The molecule has 0 radical (unpaired) electrons. The quantitative estimate of drug-likeness (QED) is 0.900. The summed E-state index contributed by atoms with van der Waals surface area (Å²) in [4.78, 5) is 12.2. The molecule has 0 aliphatic heterocycles. The number of hydrogen-bond donors (Lipinski definition) is 2. The van der Waals surface area contributed by atoms with Crippen molar-refractivity contribution in [1.82, 2.24) is 5.32 Å². The van der Waals surface area contributed by atoms with Gasteiger partial charge in [0, 0.05) is 17.5 Å². The van der Waals surface area contributed by atoms with Gasteiger partial charge in [-0.2, -0.15) is 0 Å². The molecule has 4 heteroatoms. The molecule has 2 aromatic rings. The van der Waals surface area contributed by atoms with Gasteiger partial charge in [0.15, 0.2) is 0 Å². The van der Waals surface area contributed by atoms with Crippen LogP contribution in [0.2, 0.25) is 0 Å². The molecule has 3 N–H and O–H groups in total. The van der Waals surface area contributed by atoms with Gasteiger partial charge in [-0.15, -0.1) is 11.3 Å². The fourth-order valence-electron chi connectivity index (χ4n) is 2.06. The van der Waals surface area contributed by atoms with Crippen molar-refractivity contribution in [1.29, 1.82) is 0 Å². The van der Waals surface area contributed by atoms with E-state index < -0.39 is 0 Å². The molecule has 2 rings (SSSR count). The van der Waals surface area contributed by atoms with E-state index in [2.05, 4.69) is 31.3 Å². The number of aryl methyl sites for hydroxylation is 2.